The maximum Gasteiger partial charge on any atom is 1.00 e. The number of rotatable bonds is 1. The SMILES string of the molecule is O=C(O)C(=O)OCBr.[Li+].[O-]B(O)O. The Morgan fingerprint density at radius 1 is 1.46 bits per heavy atom. The standard InChI is InChI=1S/C3H3BrO4.BH2O3.Li/c4-1-8-3(7)2(5)6;2-1(3)4;/h1H2,(H,5,6);2-3H;/q;-1;+1. The molecular formula is C3H5BBrLiO7. The number of hydrogen-bond donors (Lipinski definition) is 3. The number of carbonyl (C=O) groups excluding carboxylic acids is 1. The van der Waals surface area contributed by atoms with Crippen LogP contribution in [0, 0.1) is 0 Å². The Balaban J connectivity index is -0.000000173. The van der Waals surface area contributed by atoms with E-state index in [-0.39, 0.29) is 24.4 Å². The van der Waals surface area contributed by atoms with E-state index in [2.05, 4.69) is 20.7 Å². The first kappa shape index (κ1) is 18.7. The Morgan fingerprint density at radius 3 is 1.85 bits per heavy atom. The van der Waals surface area contributed by atoms with Crippen molar-refractivity contribution >= 4 is 35.2 Å². The number of carboxylic acids is 1. The molecule has 0 spiro atoms. The van der Waals surface area contributed by atoms with Gasteiger partial charge in [0.1, 0.15) is 5.52 Å². The topological polar surface area (TPSA) is 127 Å². The normalized spacial score (nSPS) is 7.08. The summed E-state index contributed by atoms with van der Waals surface area (Å²) in [7, 11) is -2.42. The van der Waals surface area contributed by atoms with Crippen molar-refractivity contribution in [3.63, 3.8) is 0 Å². The van der Waals surface area contributed by atoms with Crippen LogP contribution in [0.3, 0.4) is 0 Å². The van der Waals surface area contributed by atoms with Crippen LogP contribution in [0.25, 0.3) is 0 Å². The summed E-state index contributed by atoms with van der Waals surface area (Å²) in [6, 6.07) is 0. The number of alkyl halides is 1. The van der Waals surface area contributed by atoms with Gasteiger partial charge in [0.2, 0.25) is 0 Å². The van der Waals surface area contributed by atoms with Gasteiger partial charge in [0, 0.05) is 0 Å². The molecule has 0 fully saturated rings. The molecule has 0 atom stereocenters. The number of ether oxygens (including phenoxy) is 1. The van der Waals surface area contributed by atoms with Crippen molar-refractivity contribution in [3.05, 3.63) is 0 Å². The predicted octanol–water partition coefficient (Wildman–Crippen LogP) is -5.71. The van der Waals surface area contributed by atoms with Crippen LogP contribution in [0.15, 0.2) is 0 Å². The number of halogens is 1. The minimum Gasteiger partial charge on any atom is -0.832 e. The second-order valence-electron chi connectivity index (χ2n) is 1.17. The molecule has 0 aliphatic carbocycles. The quantitative estimate of drug-likeness (QED) is 0.183. The number of esters is 1. The molecule has 0 saturated heterocycles. The summed E-state index contributed by atoms with van der Waals surface area (Å²) in [5.74, 6) is -2.83. The number of aliphatic carboxylic acids is 1. The van der Waals surface area contributed by atoms with Gasteiger partial charge in [-0.05, 0) is 15.9 Å². The van der Waals surface area contributed by atoms with Crippen molar-refractivity contribution in [2.75, 3.05) is 5.52 Å². The van der Waals surface area contributed by atoms with Crippen LogP contribution in [0.2, 0.25) is 0 Å². The first-order chi connectivity index (χ1) is 5.41. The summed E-state index contributed by atoms with van der Waals surface area (Å²) < 4.78 is 3.98. The van der Waals surface area contributed by atoms with E-state index in [0.29, 0.717) is 0 Å². The molecule has 0 aromatic heterocycles. The number of carbonyl (C=O) groups is 2. The van der Waals surface area contributed by atoms with Crippen LogP contribution in [0.4, 0.5) is 0 Å². The Hall–Kier alpha value is -0.0377. The van der Waals surface area contributed by atoms with E-state index in [1.807, 2.05) is 0 Å². The molecule has 3 N–H and O–H groups in total. The van der Waals surface area contributed by atoms with Crippen LogP contribution >= 0.6 is 15.9 Å². The summed E-state index contributed by atoms with van der Waals surface area (Å²) in [6.07, 6.45) is 0. The molecule has 0 bridgehead atoms. The molecule has 10 heteroatoms. The average molecular weight is 251 g/mol. The molecule has 70 valence electrons. The van der Waals surface area contributed by atoms with Crippen LogP contribution in [-0.4, -0.2) is 39.9 Å². The van der Waals surface area contributed by atoms with Gasteiger partial charge in [-0.1, -0.05) is 0 Å². The first-order valence-corrected chi connectivity index (χ1v) is 3.52. The second kappa shape index (κ2) is 12.0. The second-order valence-corrected chi connectivity index (χ2v) is 1.63. The molecule has 0 saturated carbocycles. The van der Waals surface area contributed by atoms with E-state index < -0.39 is 19.3 Å². The van der Waals surface area contributed by atoms with Gasteiger partial charge in [-0.3, -0.25) is 0 Å². The van der Waals surface area contributed by atoms with Crippen molar-refractivity contribution in [1.29, 1.82) is 0 Å². The van der Waals surface area contributed by atoms with Crippen molar-refractivity contribution < 1.29 is 53.4 Å². The maximum absolute atomic E-state index is 9.89. The van der Waals surface area contributed by atoms with Gasteiger partial charge < -0.3 is 24.9 Å². The molecule has 0 heterocycles. The zero-order chi connectivity index (χ0) is 10.1. The van der Waals surface area contributed by atoms with E-state index >= 15 is 0 Å². The minimum atomic E-state index is -2.42. The van der Waals surface area contributed by atoms with E-state index in [9.17, 15) is 9.59 Å². The molecule has 0 rings (SSSR count). The van der Waals surface area contributed by atoms with Crippen molar-refractivity contribution in [2.24, 2.45) is 0 Å². The molecule has 0 aliphatic rings. The van der Waals surface area contributed by atoms with Crippen LogP contribution in [-0.2, 0) is 14.3 Å². The van der Waals surface area contributed by atoms with E-state index in [1.165, 1.54) is 0 Å². The van der Waals surface area contributed by atoms with Gasteiger partial charge in [0.15, 0.2) is 0 Å². The minimum absolute atomic E-state index is 0. The maximum atomic E-state index is 9.89. The molecule has 13 heavy (non-hydrogen) atoms. The Bertz CT molecular complexity index is 150. The smallest absolute Gasteiger partial charge is 0.832 e. The van der Waals surface area contributed by atoms with E-state index in [1.54, 1.807) is 0 Å². The zero-order valence-corrected chi connectivity index (χ0v) is 8.22. The molecule has 0 aromatic carbocycles. The van der Waals surface area contributed by atoms with E-state index in [4.69, 9.17) is 20.2 Å². The van der Waals surface area contributed by atoms with Gasteiger partial charge in [-0.25, -0.2) is 9.59 Å². The Morgan fingerprint density at radius 2 is 1.77 bits per heavy atom. The Labute approximate surface area is 94.2 Å². The third-order valence-electron chi connectivity index (χ3n) is 0.360. The van der Waals surface area contributed by atoms with Crippen LogP contribution < -0.4 is 23.9 Å². The van der Waals surface area contributed by atoms with Crippen LogP contribution in [0.5, 0.6) is 0 Å². The third-order valence-corrected chi connectivity index (χ3v) is 0.589. The fourth-order valence-corrected chi connectivity index (χ4v) is 0.319. The summed E-state index contributed by atoms with van der Waals surface area (Å²) >= 11 is 2.71. The summed E-state index contributed by atoms with van der Waals surface area (Å²) in [6.45, 7) is 0. The summed E-state index contributed by atoms with van der Waals surface area (Å²) in [4.78, 5) is 19.5. The number of carboxylic acid groups (broad SMARTS) is 1. The largest absolute Gasteiger partial charge is 1.00 e. The molecule has 0 radical (unpaired) electrons. The monoisotopic (exact) mass is 250 g/mol. The fourth-order valence-electron chi connectivity index (χ4n) is 0.111. The fraction of sp³-hybridized carbons (Fsp3) is 0.333. The third kappa shape index (κ3) is 24.5. The molecule has 0 aromatic rings. The molecule has 0 unspecified atom stereocenters. The predicted molar refractivity (Wildman–Crippen MR) is 37.7 cm³/mol. The van der Waals surface area contributed by atoms with Crippen molar-refractivity contribution in [1.82, 2.24) is 0 Å². The number of hydrogen-bond acceptors (Lipinski definition) is 6. The van der Waals surface area contributed by atoms with Gasteiger partial charge in [0.05, 0.1) is 0 Å². The molecule has 0 aliphatic heterocycles. The average Bonchev–Trinajstić information content (AvgIpc) is 1.86. The Kier molecular flexibility index (Phi) is 17.2. The summed E-state index contributed by atoms with van der Waals surface area (Å²) in [5, 5.41) is 30.6. The first-order valence-electron chi connectivity index (χ1n) is 2.39. The van der Waals surface area contributed by atoms with Gasteiger partial charge in [-0.15, -0.1) is 0 Å². The van der Waals surface area contributed by atoms with Crippen LogP contribution in [0.1, 0.15) is 0 Å². The van der Waals surface area contributed by atoms with Gasteiger partial charge in [-0.2, -0.15) is 0 Å². The zero-order valence-electron chi connectivity index (χ0n) is 6.64. The van der Waals surface area contributed by atoms with E-state index in [0.717, 1.165) is 0 Å². The molecular weight excluding hydrogens is 246 g/mol. The molecule has 0 amide bonds. The molecule has 7 nitrogen and oxygen atoms in total. The van der Waals surface area contributed by atoms with Crippen molar-refractivity contribution in [3.8, 4) is 0 Å². The van der Waals surface area contributed by atoms with Gasteiger partial charge >= 0.3 is 38.1 Å². The summed E-state index contributed by atoms with van der Waals surface area (Å²) in [5.41, 5.74) is -0.0852. The van der Waals surface area contributed by atoms with Gasteiger partial charge in [0.25, 0.3) is 0 Å². The van der Waals surface area contributed by atoms with Crippen molar-refractivity contribution in [2.45, 2.75) is 0 Å².